The number of esters is 1. The van der Waals surface area contributed by atoms with Gasteiger partial charge in [0.05, 0.1) is 18.0 Å². The fourth-order valence-corrected chi connectivity index (χ4v) is 2.87. The van der Waals surface area contributed by atoms with Gasteiger partial charge in [-0.2, -0.15) is 5.10 Å². The van der Waals surface area contributed by atoms with E-state index in [1.54, 1.807) is 31.2 Å². The summed E-state index contributed by atoms with van der Waals surface area (Å²) in [4.78, 5) is 28.3. The van der Waals surface area contributed by atoms with Crippen LogP contribution in [0.2, 0.25) is 0 Å². The number of ether oxygens (including phenoxy) is 1. The van der Waals surface area contributed by atoms with Gasteiger partial charge in [-0.15, -0.1) is 0 Å². The third-order valence-corrected chi connectivity index (χ3v) is 4.26. The highest BCUT2D eigenvalue weighted by Crippen LogP contribution is 2.22. The van der Waals surface area contributed by atoms with E-state index in [1.807, 2.05) is 0 Å². The fraction of sp³-hybridized carbons (Fsp3) is 0.444. The van der Waals surface area contributed by atoms with Crippen LogP contribution in [0.4, 0.5) is 5.69 Å². The van der Waals surface area contributed by atoms with Gasteiger partial charge in [0.2, 0.25) is 5.91 Å². The number of nitrogens with two attached hydrogens (primary N) is 1. The Morgan fingerprint density at radius 2 is 2.00 bits per heavy atom. The molecule has 4 N–H and O–H groups in total. The van der Waals surface area contributed by atoms with Crippen LogP contribution >= 0.6 is 0 Å². The quantitative estimate of drug-likeness (QED) is 0.680. The van der Waals surface area contributed by atoms with Crippen molar-refractivity contribution in [2.75, 3.05) is 5.32 Å². The smallest absolute Gasteiger partial charge is 0.338 e. The van der Waals surface area contributed by atoms with Gasteiger partial charge in [0.15, 0.2) is 5.82 Å². The molecule has 1 aromatic carbocycles. The summed E-state index contributed by atoms with van der Waals surface area (Å²) in [5.74, 6) is 0.364. The first-order chi connectivity index (χ1) is 12.5. The Labute approximate surface area is 151 Å². The van der Waals surface area contributed by atoms with Gasteiger partial charge in [-0.25, -0.2) is 9.78 Å². The van der Waals surface area contributed by atoms with E-state index in [1.165, 1.54) is 0 Å². The number of hydrogen-bond donors (Lipinski definition) is 3. The first-order valence-corrected chi connectivity index (χ1v) is 8.79. The van der Waals surface area contributed by atoms with Gasteiger partial charge in [0.25, 0.3) is 0 Å². The Bertz CT molecular complexity index is 763. The SMILES string of the molecule is C[C@@H](N)c1n[nH]c(CC(=O)Nc2ccc(C(=O)OC3CCCC3)cc2)n1. The highest BCUT2D eigenvalue weighted by atomic mass is 16.5. The van der Waals surface area contributed by atoms with E-state index in [2.05, 4.69) is 20.5 Å². The van der Waals surface area contributed by atoms with E-state index in [9.17, 15) is 9.59 Å². The molecular weight excluding hydrogens is 334 g/mol. The molecule has 0 bridgehead atoms. The average Bonchev–Trinajstić information content (AvgIpc) is 3.27. The van der Waals surface area contributed by atoms with Gasteiger partial charge >= 0.3 is 5.97 Å². The van der Waals surface area contributed by atoms with Crippen molar-refractivity contribution >= 4 is 17.6 Å². The zero-order valence-corrected chi connectivity index (χ0v) is 14.7. The van der Waals surface area contributed by atoms with E-state index in [0.717, 1.165) is 25.7 Å². The monoisotopic (exact) mass is 357 g/mol. The van der Waals surface area contributed by atoms with Crippen LogP contribution in [0.15, 0.2) is 24.3 Å². The molecule has 2 aromatic rings. The number of aromatic amines is 1. The number of nitrogens with zero attached hydrogens (tertiary/aromatic N) is 2. The summed E-state index contributed by atoms with van der Waals surface area (Å²) >= 11 is 0. The van der Waals surface area contributed by atoms with E-state index < -0.39 is 0 Å². The van der Waals surface area contributed by atoms with E-state index >= 15 is 0 Å². The van der Waals surface area contributed by atoms with Crippen LogP contribution in [-0.2, 0) is 16.0 Å². The number of benzene rings is 1. The number of carbonyl (C=O) groups is 2. The van der Waals surface area contributed by atoms with E-state index in [0.29, 0.717) is 22.9 Å². The van der Waals surface area contributed by atoms with Gasteiger partial charge in [-0.1, -0.05) is 0 Å². The zero-order chi connectivity index (χ0) is 18.5. The topological polar surface area (TPSA) is 123 Å². The third-order valence-electron chi connectivity index (χ3n) is 4.26. The van der Waals surface area contributed by atoms with Crippen LogP contribution < -0.4 is 11.1 Å². The molecule has 1 fully saturated rings. The minimum Gasteiger partial charge on any atom is -0.459 e. The number of carbonyl (C=O) groups excluding carboxylic acids is 2. The van der Waals surface area contributed by atoms with Gasteiger partial charge in [-0.3, -0.25) is 9.89 Å². The molecule has 1 aromatic heterocycles. The van der Waals surface area contributed by atoms with Gasteiger partial charge < -0.3 is 15.8 Å². The first-order valence-electron chi connectivity index (χ1n) is 8.79. The fourth-order valence-electron chi connectivity index (χ4n) is 2.87. The standard InChI is InChI=1S/C18H23N5O3/c1-11(19)17-21-15(22-23-17)10-16(24)20-13-8-6-12(7-9-13)18(25)26-14-4-2-3-5-14/h6-9,11,14H,2-5,10,19H2,1H3,(H,20,24)(H,21,22,23)/t11-/m1/s1. The van der Waals surface area contributed by atoms with Crippen molar-refractivity contribution in [3.05, 3.63) is 41.5 Å². The Morgan fingerprint density at radius 3 is 2.62 bits per heavy atom. The molecule has 1 aliphatic rings. The van der Waals surface area contributed by atoms with Gasteiger partial charge in [0, 0.05) is 5.69 Å². The molecule has 0 spiro atoms. The lowest BCUT2D eigenvalue weighted by molar-refractivity contribution is -0.115. The summed E-state index contributed by atoms with van der Waals surface area (Å²) in [6, 6.07) is 6.36. The summed E-state index contributed by atoms with van der Waals surface area (Å²) in [6.07, 6.45) is 4.19. The van der Waals surface area contributed by atoms with Crippen LogP contribution in [0.1, 0.15) is 60.7 Å². The molecule has 1 amide bonds. The van der Waals surface area contributed by atoms with Crippen molar-refractivity contribution in [2.24, 2.45) is 5.73 Å². The minimum absolute atomic E-state index is 0.0323. The maximum Gasteiger partial charge on any atom is 0.338 e. The lowest BCUT2D eigenvalue weighted by Gasteiger charge is -2.11. The Balaban J connectivity index is 1.52. The van der Waals surface area contributed by atoms with Crippen molar-refractivity contribution in [1.29, 1.82) is 0 Å². The normalized spacial score (nSPS) is 15.6. The molecule has 3 rings (SSSR count). The molecule has 1 heterocycles. The molecule has 0 saturated heterocycles. The second-order valence-electron chi connectivity index (χ2n) is 6.54. The first kappa shape index (κ1) is 18.1. The van der Waals surface area contributed by atoms with Crippen LogP contribution in [0.25, 0.3) is 0 Å². The summed E-state index contributed by atoms with van der Waals surface area (Å²) in [6.45, 7) is 1.77. The van der Waals surface area contributed by atoms with Crippen molar-refractivity contribution in [1.82, 2.24) is 15.2 Å². The Morgan fingerprint density at radius 1 is 1.31 bits per heavy atom. The largest absolute Gasteiger partial charge is 0.459 e. The van der Waals surface area contributed by atoms with Crippen molar-refractivity contribution < 1.29 is 14.3 Å². The number of anilines is 1. The van der Waals surface area contributed by atoms with Crippen LogP contribution in [0, 0.1) is 0 Å². The van der Waals surface area contributed by atoms with Crippen LogP contribution in [0.3, 0.4) is 0 Å². The van der Waals surface area contributed by atoms with E-state index in [-0.39, 0.29) is 30.4 Å². The molecule has 138 valence electrons. The highest BCUT2D eigenvalue weighted by molar-refractivity contribution is 5.93. The number of hydrogen-bond acceptors (Lipinski definition) is 6. The number of nitrogens with one attached hydrogen (secondary N) is 2. The number of H-pyrrole nitrogens is 1. The Kier molecular flexibility index (Phi) is 5.62. The molecule has 1 aliphatic carbocycles. The maximum atomic E-state index is 12.1. The van der Waals surface area contributed by atoms with Crippen LogP contribution in [0.5, 0.6) is 0 Å². The summed E-state index contributed by atoms with van der Waals surface area (Å²) in [7, 11) is 0. The van der Waals surface area contributed by atoms with Crippen molar-refractivity contribution in [2.45, 2.75) is 51.2 Å². The molecular formula is C18H23N5O3. The lowest BCUT2D eigenvalue weighted by atomic mass is 10.2. The minimum atomic E-state index is -0.320. The molecule has 0 aliphatic heterocycles. The lowest BCUT2D eigenvalue weighted by Crippen LogP contribution is -2.16. The van der Waals surface area contributed by atoms with Crippen LogP contribution in [-0.4, -0.2) is 33.2 Å². The number of rotatable bonds is 6. The molecule has 1 saturated carbocycles. The predicted molar refractivity (Wildman–Crippen MR) is 95.4 cm³/mol. The summed E-state index contributed by atoms with van der Waals surface area (Å²) in [5, 5.41) is 9.41. The van der Waals surface area contributed by atoms with Gasteiger partial charge in [-0.05, 0) is 56.9 Å². The Hall–Kier alpha value is -2.74. The molecule has 1 atom stereocenters. The molecule has 8 heteroatoms. The van der Waals surface area contributed by atoms with E-state index in [4.69, 9.17) is 10.5 Å². The summed E-state index contributed by atoms with van der Waals surface area (Å²) in [5.41, 5.74) is 6.76. The van der Waals surface area contributed by atoms with Crippen molar-refractivity contribution in [3.63, 3.8) is 0 Å². The van der Waals surface area contributed by atoms with Gasteiger partial charge in [0.1, 0.15) is 11.9 Å². The molecule has 0 radical (unpaired) electrons. The average molecular weight is 357 g/mol. The second-order valence-corrected chi connectivity index (χ2v) is 6.54. The van der Waals surface area contributed by atoms with Crippen molar-refractivity contribution in [3.8, 4) is 0 Å². The number of amides is 1. The molecule has 26 heavy (non-hydrogen) atoms. The maximum absolute atomic E-state index is 12.1. The predicted octanol–water partition coefficient (Wildman–Crippen LogP) is 2.10. The zero-order valence-electron chi connectivity index (χ0n) is 14.7. The molecule has 8 nitrogen and oxygen atoms in total. The number of aromatic nitrogens is 3. The summed E-state index contributed by atoms with van der Waals surface area (Å²) < 4.78 is 5.46. The second kappa shape index (κ2) is 8.09. The highest BCUT2D eigenvalue weighted by Gasteiger charge is 2.20. The molecule has 0 unspecified atom stereocenters. The third kappa shape index (κ3) is 4.66.